The number of hydrogen-bond acceptors (Lipinski definition) is 6. The lowest BCUT2D eigenvalue weighted by Gasteiger charge is -2.43. The second kappa shape index (κ2) is 6.65. The second-order valence-electron chi connectivity index (χ2n) is 5.51. The molecule has 3 rings (SSSR count). The smallest absolute Gasteiger partial charge is 0.103 e. The molecule has 112 valence electrons. The quantitative estimate of drug-likeness (QED) is 0.911. The summed E-state index contributed by atoms with van der Waals surface area (Å²) in [6, 6.07) is 4.08. The molecule has 0 saturated carbocycles. The van der Waals surface area contributed by atoms with E-state index in [2.05, 4.69) is 21.3 Å². The van der Waals surface area contributed by atoms with E-state index in [4.69, 9.17) is 10.00 Å². The van der Waals surface area contributed by atoms with Gasteiger partial charge in [0.2, 0.25) is 0 Å². The Balaban J connectivity index is 1.72. The molecule has 21 heavy (non-hydrogen) atoms. The van der Waals surface area contributed by atoms with Crippen molar-refractivity contribution in [2.45, 2.75) is 12.0 Å². The number of nitrogens with zero attached hydrogens (tertiary/aromatic N) is 3. The van der Waals surface area contributed by atoms with Gasteiger partial charge in [-0.1, -0.05) is 0 Å². The molecule has 2 fully saturated rings. The Morgan fingerprint density at radius 2 is 2.33 bits per heavy atom. The van der Waals surface area contributed by atoms with E-state index in [9.17, 15) is 0 Å². The van der Waals surface area contributed by atoms with Crippen molar-refractivity contribution in [3.05, 3.63) is 24.0 Å². The van der Waals surface area contributed by atoms with Crippen molar-refractivity contribution >= 4 is 17.4 Å². The zero-order valence-electron chi connectivity index (χ0n) is 12.0. The molecule has 2 aliphatic rings. The van der Waals surface area contributed by atoms with Gasteiger partial charge in [0, 0.05) is 43.3 Å². The third kappa shape index (κ3) is 3.15. The summed E-state index contributed by atoms with van der Waals surface area (Å²) in [6.45, 7) is 4.53. The maximum atomic E-state index is 9.16. The molecule has 3 heterocycles. The molecule has 1 atom stereocenters. The number of anilines is 1. The van der Waals surface area contributed by atoms with Gasteiger partial charge in [-0.3, -0.25) is 9.88 Å². The van der Waals surface area contributed by atoms with Gasteiger partial charge in [0.25, 0.3) is 0 Å². The molecule has 0 radical (unpaired) electrons. The van der Waals surface area contributed by atoms with E-state index >= 15 is 0 Å². The van der Waals surface area contributed by atoms with Crippen LogP contribution in [0, 0.1) is 11.3 Å². The van der Waals surface area contributed by atoms with Gasteiger partial charge in [-0.25, -0.2) is 0 Å². The van der Waals surface area contributed by atoms with Gasteiger partial charge in [-0.05, 0) is 18.2 Å². The fraction of sp³-hybridized carbons (Fsp3) is 0.600. The zero-order valence-corrected chi connectivity index (χ0v) is 12.9. The van der Waals surface area contributed by atoms with Gasteiger partial charge < -0.3 is 10.1 Å². The van der Waals surface area contributed by atoms with Crippen LogP contribution in [-0.2, 0) is 4.74 Å². The van der Waals surface area contributed by atoms with Crippen LogP contribution in [-0.4, -0.2) is 59.8 Å². The van der Waals surface area contributed by atoms with E-state index in [-0.39, 0.29) is 5.54 Å². The van der Waals surface area contributed by atoms with Gasteiger partial charge in [-0.2, -0.15) is 17.0 Å². The molecule has 5 nitrogen and oxygen atoms in total. The van der Waals surface area contributed by atoms with Crippen LogP contribution >= 0.6 is 11.8 Å². The third-order valence-corrected chi connectivity index (χ3v) is 5.55. The molecule has 0 bridgehead atoms. The molecule has 1 N–H and O–H groups in total. The molecule has 0 amide bonds. The molecule has 1 unspecified atom stereocenters. The van der Waals surface area contributed by atoms with Crippen molar-refractivity contribution in [3.8, 4) is 6.07 Å². The minimum atomic E-state index is 0.185. The Hall–Kier alpha value is -1.29. The van der Waals surface area contributed by atoms with Crippen LogP contribution in [0.1, 0.15) is 12.0 Å². The summed E-state index contributed by atoms with van der Waals surface area (Å²) in [7, 11) is 0. The molecule has 1 aromatic heterocycles. The number of aromatic nitrogens is 1. The van der Waals surface area contributed by atoms with Gasteiger partial charge in [0.05, 0.1) is 24.5 Å². The topological polar surface area (TPSA) is 61.2 Å². The average molecular weight is 304 g/mol. The molecule has 6 heteroatoms. The monoisotopic (exact) mass is 304 g/mol. The number of morpholine rings is 1. The predicted molar refractivity (Wildman–Crippen MR) is 84.5 cm³/mol. The highest BCUT2D eigenvalue weighted by molar-refractivity contribution is 7.99. The molecule has 0 aromatic carbocycles. The fourth-order valence-electron chi connectivity index (χ4n) is 3.03. The number of rotatable bonds is 4. The van der Waals surface area contributed by atoms with Crippen molar-refractivity contribution in [2.24, 2.45) is 0 Å². The Morgan fingerprint density at radius 1 is 1.48 bits per heavy atom. The Kier molecular flexibility index (Phi) is 4.63. The molecule has 2 saturated heterocycles. The second-order valence-corrected chi connectivity index (χ2v) is 6.62. The molecule has 1 aromatic rings. The Morgan fingerprint density at radius 3 is 3.05 bits per heavy atom. The third-order valence-electron chi connectivity index (χ3n) is 4.31. The summed E-state index contributed by atoms with van der Waals surface area (Å²) in [5, 5.41) is 12.6. The van der Waals surface area contributed by atoms with Crippen molar-refractivity contribution in [3.63, 3.8) is 0 Å². The maximum absolute atomic E-state index is 9.16. The number of pyridine rings is 1. The number of thioether (sulfide) groups is 1. The van der Waals surface area contributed by atoms with E-state index in [1.54, 1.807) is 12.4 Å². The molecule has 0 spiro atoms. The van der Waals surface area contributed by atoms with Gasteiger partial charge >= 0.3 is 0 Å². The normalized spacial score (nSPS) is 26.4. The fourth-order valence-corrected chi connectivity index (χ4v) is 4.51. The minimum Gasteiger partial charge on any atom is -0.382 e. The highest BCUT2D eigenvalue weighted by atomic mass is 32.2. The van der Waals surface area contributed by atoms with Crippen molar-refractivity contribution < 1.29 is 4.74 Å². The number of ether oxygens (including phenoxy) is 1. The first-order valence-electron chi connectivity index (χ1n) is 7.33. The first-order valence-corrected chi connectivity index (χ1v) is 8.48. The summed E-state index contributed by atoms with van der Waals surface area (Å²) in [5.41, 5.74) is 1.68. The molecular weight excluding hydrogens is 284 g/mol. The van der Waals surface area contributed by atoms with Gasteiger partial charge in [0.1, 0.15) is 6.07 Å². The van der Waals surface area contributed by atoms with Crippen molar-refractivity contribution in [1.29, 1.82) is 5.26 Å². The lowest BCUT2D eigenvalue weighted by Crippen LogP contribution is -2.57. The molecule has 2 aliphatic heterocycles. The van der Waals surface area contributed by atoms with Gasteiger partial charge in [-0.15, -0.1) is 0 Å². The van der Waals surface area contributed by atoms with Crippen LogP contribution in [0.2, 0.25) is 0 Å². The number of nitrogens with one attached hydrogen (secondary N) is 1. The van der Waals surface area contributed by atoms with Crippen LogP contribution in [0.5, 0.6) is 0 Å². The highest BCUT2D eigenvalue weighted by Crippen LogP contribution is 2.34. The highest BCUT2D eigenvalue weighted by Gasteiger charge is 2.40. The van der Waals surface area contributed by atoms with E-state index in [0.29, 0.717) is 5.56 Å². The summed E-state index contributed by atoms with van der Waals surface area (Å²) < 4.78 is 5.48. The summed E-state index contributed by atoms with van der Waals surface area (Å²) in [5.74, 6) is 2.35. The average Bonchev–Trinajstić information content (AvgIpc) is 3.04. The summed E-state index contributed by atoms with van der Waals surface area (Å²) in [6.07, 6.45) is 4.54. The zero-order chi connectivity index (χ0) is 14.5. The molecular formula is C15H20N4OS. The van der Waals surface area contributed by atoms with Crippen molar-refractivity contribution in [1.82, 2.24) is 9.88 Å². The van der Waals surface area contributed by atoms with E-state index in [1.807, 2.05) is 17.8 Å². The van der Waals surface area contributed by atoms with E-state index in [1.165, 1.54) is 12.2 Å². The maximum Gasteiger partial charge on any atom is 0.103 e. The Bertz CT molecular complexity index is 519. The Labute approximate surface area is 129 Å². The standard InChI is InChI=1S/C15H20N4OS/c16-9-13-10-17-3-1-14(13)18-11-15(2-8-21-12-15)19-4-6-20-7-5-19/h1,3,10H,2,4-8,11-12H2,(H,17,18). The minimum absolute atomic E-state index is 0.185. The van der Waals surface area contributed by atoms with Crippen LogP contribution in [0.3, 0.4) is 0 Å². The lowest BCUT2D eigenvalue weighted by molar-refractivity contribution is -0.00920. The van der Waals surface area contributed by atoms with Crippen LogP contribution < -0.4 is 5.32 Å². The SMILES string of the molecule is N#Cc1cnccc1NCC1(N2CCOCC2)CCSC1. The lowest BCUT2D eigenvalue weighted by atomic mass is 9.95. The number of hydrogen-bond donors (Lipinski definition) is 1. The first-order chi connectivity index (χ1) is 10.3. The molecule has 0 aliphatic carbocycles. The van der Waals surface area contributed by atoms with Crippen LogP contribution in [0.15, 0.2) is 18.5 Å². The van der Waals surface area contributed by atoms with Gasteiger partial charge in [0.15, 0.2) is 0 Å². The number of nitriles is 1. The summed E-state index contributed by atoms with van der Waals surface area (Å²) in [4.78, 5) is 6.58. The largest absolute Gasteiger partial charge is 0.382 e. The van der Waals surface area contributed by atoms with Crippen LogP contribution in [0.4, 0.5) is 5.69 Å². The van der Waals surface area contributed by atoms with E-state index < -0.39 is 0 Å². The first kappa shape index (κ1) is 14.6. The van der Waals surface area contributed by atoms with Crippen molar-refractivity contribution in [2.75, 3.05) is 49.7 Å². The van der Waals surface area contributed by atoms with Crippen LogP contribution in [0.25, 0.3) is 0 Å². The van der Waals surface area contributed by atoms with E-state index in [0.717, 1.165) is 44.3 Å². The predicted octanol–water partition coefficient (Wildman–Crippen LogP) is 1.57. The summed E-state index contributed by atoms with van der Waals surface area (Å²) >= 11 is 2.02.